The van der Waals surface area contributed by atoms with E-state index in [9.17, 15) is 8.42 Å². The zero-order valence-electron chi connectivity index (χ0n) is 16.8. The highest BCUT2D eigenvalue weighted by Crippen LogP contribution is 2.39. The van der Waals surface area contributed by atoms with Gasteiger partial charge in [-0.15, -0.1) is 0 Å². The summed E-state index contributed by atoms with van der Waals surface area (Å²) in [5.74, 6) is 2.03. The van der Waals surface area contributed by atoms with Crippen molar-refractivity contribution in [2.75, 3.05) is 15.4 Å². The van der Waals surface area contributed by atoms with E-state index in [4.69, 9.17) is 11.6 Å². The number of benzene rings is 1. The number of hydrogen-bond donors (Lipinski definition) is 4. The lowest BCUT2D eigenvalue weighted by atomic mass is 10.2. The van der Waals surface area contributed by atoms with Crippen molar-refractivity contribution < 1.29 is 8.42 Å². The van der Waals surface area contributed by atoms with Crippen LogP contribution in [0.5, 0.6) is 0 Å². The molecule has 2 aliphatic carbocycles. The number of rotatable bonds is 8. The number of aryl methyl sites for hydroxylation is 1. The van der Waals surface area contributed by atoms with Gasteiger partial charge in [0.15, 0.2) is 11.6 Å². The summed E-state index contributed by atoms with van der Waals surface area (Å²) in [6.45, 7) is 1.88. The molecular formula is C20H22ClN7O2S. The Morgan fingerprint density at radius 3 is 2.65 bits per heavy atom. The Balaban J connectivity index is 1.31. The summed E-state index contributed by atoms with van der Waals surface area (Å²) in [5.41, 5.74) is 3.26. The van der Waals surface area contributed by atoms with Crippen LogP contribution in [0.2, 0.25) is 5.02 Å². The third-order valence-corrected chi connectivity index (χ3v) is 7.45. The SMILES string of the molecule is Cc1cc(NS(=O)(=O)C2CC2)ccc1Nc1nc(Nc2cc(C3CC3)[nH]n2)ncc1Cl. The maximum Gasteiger partial charge on any atom is 0.235 e. The molecule has 0 unspecified atom stereocenters. The van der Waals surface area contributed by atoms with Crippen molar-refractivity contribution in [3.63, 3.8) is 0 Å². The van der Waals surface area contributed by atoms with E-state index in [0.29, 0.717) is 34.2 Å². The Hall–Kier alpha value is -2.85. The molecule has 0 amide bonds. The highest BCUT2D eigenvalue weighted by atomic mass is 35.5. The average molecular weight is 460 g/mol. The van der Waals surface area contributed by atoms with Crippen LogP contribution in [-0.4, -0.2) is 33.8 Å². The van der Waals surface area contributed by atoms with Crippen LogP contribution < -0.4 is 15.4 Å². The lowest BCUT2D eigenvalue weighted by Gasteiger charge is -2.13. The number of hydrogen-bond acceptors (Lipinski definition) is 7. The van der Waals surface area contributed by atoms with E-state index < -0.39 is 10.0 Å². The zero-order valence-corrected chi connectivity index (χ0v) is 18.4. The number of nitrogens with one attached hydrogen (secondary N) is 4. The standard InChI is InChI=1S/C20H22ClN7O2S/c1-11-8-13(28-31(29,30)14-5-6-14)4-7-16(11)23-19-15(21)10-22-20(25-19)24-18-9-17(26-27-18)12-2-3-12/h4,7-10,12,14,28H,2-3,5-6H2,1H3,(H3,22,23,24,25,26,27). The predicted molar refractivity (Wildman–Crippen MR) is 121 cm³/mol. The fraction of sp³-hybridized carbons (Fsp3) is 0.350. The molecule has 11 heteroatoms. The van der Waals surface area contributed by atoms with E-state index in [0.717, 1.165) is 29.8 Å². The number of nitrogens with zero attached hydrogens (tertiary/aromatic N) is 3. The van der Waals surface area contributed by atoms with Crippen LogP contribution in [0, 0.1) is 6.92 Å². The van der Waals surface area contributed by atoms with E-state index in [-0.39, 0.29) is 5.25 Å². The Morgan fingerprint density at radius 2 is 1.94 bits per heavy atom. The highest BCUT2D eigenvalue weighted by Gasteiger charge is 2.35. The summed E-state index contributed by atoms with van der Waals surface area (Å²) in [6.07, 6.45) is 5.33. The average Bonchev–Trinajstić information content (AvgIpc) is 3.64. The minimum absolute atomic E-state index is 0.272. The molecule has 9 nitrogen and oxygen atoms in total. The van der Waals surface area contributed by atoms with Crippen molar-refractivity contribution >= 4 is 50.6 Å². The maximum absolute atomic E-state index is 12.1. The summed E-state index contributed by atoms with van der Waals surface area (Å²) in [4.78, 5) is 8.68. The second-order valence-corrected chi connectivity index (χ2v) is 10.4. The van der Waals surface area contributed by atoms with Gasteiger partial charge in [0.25, 0.3) is 0 Å². The van der Waals surface area contributed by atoms with Crippen LogP contribution in [0.1, 0.15) is 42.9 Å². The summed E-state index contributed by atoms with van der Waals surface area (Å²) in [6, 6.07) is 7.25. The summed E-state index contributed by atoms with van der Waals surface area (Å²) >= 11 is 6.29. The normalized spacial score (nSPS) is 16.2. The first-order valence-electron chi connectivity index (χ1n) is 10.1. The van der Waals surface area contributed by atoms with Crippen LogP contribution >= 0.6 is 11.6 Å². The van der Waals surface area contributed by atoms with Crippen LogP contribution in [0.15, 0.2) is 30.5 Å². The van der Waals surface area contributed by atoms with Crippen LogP contribution in [0.25, 0.3) is 0 Å². The van der Waals surface area contributed by atoms with Crippen molar-refractivity contribution in [2.45, 2.75) is 43.8 Å². The molecule has 0 radical (unpaired) electrons. The fourth-order valence-electron chi connectivity index (χ4n) is 3.25. The molecule has 31 heavy (non-hydrogen) atoms. The number of aromatic nitrogens is 4. The molecule has 2 aliphatic rings. The lowest BCUT2D eigenvalue weighted by Crippen LogP contribution is -2.17. The van der Waals surface area contributed by atoms with E-state index >= 15 is 0 Å². The van der Waals surface area contributed by atoms with E-state index in [1.54, 1.807) is 18.2 Å². The molecule has 0 spiro atoms. The Morgan fingerprint density at radius 1 is 1.13 bits per heavy atom. The number of aromatic amines is 1. The molecule has 0 aliphatic heterocycles. The molecule has 2 heterocycles. The molecule has 0 bridgehead atoms. The highest BCUT2D eigenvalue weighted by molar-refractivity contribution is 7.93. The minimum Gasteiger partial charge on any atom is -0.339 e. The largest absolute Gasteiger partial charge is 0.339 e. The van der Waals surface area contributed by atoms with Gasteiger partial charge >= 0.3 is 0 Å². The predicted octanol–water partition coefficient (Wildman–Crippen LogP) is 4.43. The van der Waals surface area contributed by atoms with Crippen molar-refractivity contribution in [1.29, 1.82) is 0 Å². The Labute approximate surface area is 185 Å². The number of anilines is 5. The van der Waals surface area contributed by atoms with Gasteiger partial charge in [0.05, 0.1) is 11.4 Å². The monoisotopic (exact) mass is 459 g/mol. The second kappa shape index (κ2) is 7.69. The summed E-state index contributed by atoms with van der Waals surface area (Å²) in [5, 5.41) is 13.7. The minimum atomic E-state index is -3.30. The van der Waals surface area contributed by atoms with Crippen molar-refractivity contribution in [1.82, 2.24) is 20.2 Å². The van der Waals surface area contributed by atoms with Crippen molar-refractivity contribution in [3.05, 3.63) is 46.7 Å². The molecule has 0 saturated heterocycles. The summed E-state index contributed by atoms with van der Waals surface area (Å²) in [7, 11) is -3.30. The van der Waals surface area contributed by atoms with Gasteiger partial charge in [0.1, 0.15) is 5.02 Å². The maximum atomic E-state index is 12.1. The first kappa shape index (κ1) is 20.1. The molecular weight excluding hydrogens is 438 g/mol. The van der Waals surface area contributed by atoms with Gasteiger partial charge in [-0.25, -0.2) is 13.4 Å². The fourth-order valence-corrected chi connectivity index (χ4v) is 4.77. The van der Waals surface area contributed by atoms with E-state index in [2.05, 4.69) is 35.5 Å². The van der Waals surface area contributed by atoms with Crippen molar-refractivity contribution in [2.24, 2.45) is 0 Å². The van der Waals surface area contributed by atoms with Gasteiger partial charge in [-0.3, -0.25) is 9.82 Å². The first-order chi connectivity index (χ1) is 14.9. The molecule has 5 rings (SSSR count). The third-order valence-electron chi connectivity index (χ3n) is 5.30. The third kappa shape index (κ3) is 4.59. The quantitative estimate of drug-likeness (QED) is 0.392. The molecule has 2 saturated carbocycles. The van der Waals surface area contributed by atoms with Gasteiger partial charge in [0, 0.05) is 29.1 Å². The number of halogens is 1. The number of H-pyrrole nitrogens is 1. The Kier molecular flexibility index (Phi) is 4.98. The van der Waals surface area contributed by atoms with Crippen LogP contribution in [0.4, 0.5) is 29.0 Å². The molecule has 2 fully saturated rings. The van der Waals surface area contributed by atoms with Crippen molar-refractivity contribution in [3.8, 4) is 0 Å². The molecule has 162 valence electrons. The smallest absolute Gasteiger partial charge is 0.235 e. The van der Waals surface area contributed by atoms with E-state index in [1.807, 2.05) is 13.0 Å². The first-order valence-corrected chi connectivity index (χ1v) is 12.0. The Bertz CT molecular complexity index is 1240. The molecule has 2 aromatic heterocycles. The van der Waals surface area contributed by atoms with Gasteiger partial charge in [-0.2, -0.15) is 10.1 Å². The summed E-state index contributed by atoms with van der Waals surface area (Å²) < 4.78 is 26.9. The molecule has 3 aromatic rings. The van der Waals surface area contributed by atoms with Gasteiger partial charge in [0.2, 0.25) is 16.0 Å². The zero-order chi connectivity index (χ0) is 21.6. The number of sulfonamides is 1. The molecule has 1 aromatic carbocycles. The van der Waals surface area contributed by atoms with Gasteiger partial charge in [-0.05, 0) is 56.4 Å². The molecule has 0 atom stereocenters. The topological polar surface area (TPSA) is 125 Å². The van der Waals surface area contributed by atoms with E-state index in [1.165, 1.54) is 19.0 Å². The van der Waals surface area contributed by atoms with Gasteiger partial charge < -0.3 is 10.6 Å². The van der Waals surface area contributed by atoms with Gasteiger partial charge in [-0.1, -0.05) is 11.6 Å². The molecule has 4 N–H and O–H groups in total. The van der Waals surface area contributed by atoms with Crippen LogP contribution in [0.3, 0.4) is 0 Å². The lowest BCUT2D eigenvalue weighted by molar-refractivity contribution is 0.600. The second-order valence-electron chi connectivity index (χ2n) is 8.00. The van der Waals surface area contributed by atoms with Crippen LogP contribution in [-0.2, 0) is 10.0 Å².